The predicted molar refractivity (Wildman–Crippen MR) is 147 cm³/mol. The van der Waals surface area contributed by atoms with Gasteiger partial charge in [0.1, 0.15) is 17.9 Å². The van der Waals surface area contributed by atoms with E-state index in [1.165, 1.54) is 17.1 Å². The summed E-state index contributed by atoms with van der Waals surface area (Å²) in [6, 6.07) is 14.6. The lowest BCUT2D eigenvalue weighted by atomic mass is 9.97. The number of rotatable bonds is 8. The first-order chi connectivity index (χ1) is 18.9. The molecule has 4 aromatic rings. The fourth-order valence-corrected chi connectivity index (χ4v) is 4.84. The van der Waals surface area contributed by atoms with Gasteiger partial charge in [0, 0.05) is 43.0 Å². The predicted octanol–water partition coefficient (Wildman–Crippen LogP) is 2.54. The zero-order valence-corrected chi connectivity index (χ0v) is 22.4. The second-order valence-corrected chi connectivity index (χ2v) is 9.66. The van der Waals surface area contributed by atoms with Gasteiger partial charge in [0.2, 0.25) is 5.91 Å². The van der Waals surface area contributed by atoms with Crippen molar-refractivity contribution in [1.82, 2.24) is 34.8 Å². The molecule has 0 spiro atoms. The lowest BCUT2D eigenvalue weighted by Gasteiger charge is -2.33. The maximum atomic E-state index is 13.0. The van der Waals surface area contributed by atoms with Gasteiger partial charge in [-0.05, 0) is 63.1 Å². The van der Waals surface area contributed by atoms with E-state index in [2.05, 4.69) is 30.4 Å². The van der Waals surface area contributed by atoms with Gasteiger partial charge < -0.3 is 15.0 Å². The van der Waals surface area contributed by atoms with E-state index in [9.17, 15) is 9.59 Å². The Morgan fingerprint density at radius 1 is 1.05 bits per heavy atom. The highest BCUT2D eigenvalue weighted by atomic mass is 16.5. The third-order valence-electron chi connectivity index (χ3n) is 6.86. The average molecular weight is 529 g/mol. The number of carbonyl (C=O) groups excluding carboxylic acids is 1. The minimum Gasteiger partial charge on any atom is -0.497 e. The molecule has 1 atom stereocenters. The van der Waals surface area contributed by atoms with Crippen molar-refractivity contribution in [2.75, 3.05) is 31.6 Å². The van der Waals surface area contributed by atoms with Crippen LogP contribution in [0.15, 0.2) is 59.7 Å². The summed E-state index contributed by atoms with van der Waals surface area (Å²) in [5.74, 6) is 2.01. The standard InChI is InChI=1S/C28H32N8O3/c1-19-15-20(2)36(32-19)26-16-25(30-18-31-26)34-13-4-5-22(17-34)28(38)29-12-14-35-27(37)11-10-24(33-35)21-6-8-23(39-3)9-7-21/h6-11,15-16,18,22H,4-5,12-14,17H2,1-3H3,(H,29,38). The first-order valence-corrected chi connectivity index (χ1v) is 13.0. The fourth-order valence-electron chi connectivity index (χ4n) is 4.84. The lowest BCUT2D eigenvalue weighted by Crippen LogP contribution is -2.44. The molecule has 0 aliphatic carbocycles. The number of hydrogen-bond donors (Lipinski definition) is 1. The van der Waals surface area contributed by atoms with Gasteiger partial charge in [-0.15, -0.1) is 0 Å². The van der Waals surface area contributed by atoms with Crippen LogP contribution in [0.5, 0.6) is 5.75 Å². The van der Waals surface area contributed by atoms with Gasteiger partial charge in [-0.25, -0.2) is 19.3 Å². The summed E-state index contributed by atoms with van der Waals surface area (Å²) in [6.07, 6.45) is 3.21. The normalized spacial score (nSPS) is 15.3. The molecule has 11 heteroatoms. The largest absolute Gasteiger partial charge is 0.497 e. The van der Waals surface area contributed by atoms with Crippen LogP contribution in [0, 0.1) is 19.8 Å². The Hall–Kier alpha value is -4.54. The molecule has 1 aliphatic rings. The summed E-state index contributed by atoms with van der Waals surface area (Å²) >= 11 is 0. The van der Waals surface area contributed by atoms with Crippen LogP contribution in [-0.2, 0) is 11.3 Å². The van der Waals surface area contributed by atoms with Gasteiger partial charge in [0.15, 0.2) is 5.82 Å². The molecule has 0 saturated carbocycles. The van der Waals surface area contributed by atoms with E-state index >= 15 is 0 Å². The van der Waals surface area contributed by atoms with Crippen molar-refractivity contribution in [3.05, 3.63) is 76.6 Å². The average Bonchev–Trinajstić information content (AvgIpc) is 3.31. The summed E-state index contributed by atoms with van der Waals surface area (Å²) in [5, 5.41) is 12.0. The molecular weight excluding hydrogens is 496 g/mol. The molecule has 1 saturated heterocycles. The molecule has 5 rings (SSSR count). The van der Waals surface area contributed by atoms with E-state index in [0.717, 1.165) is 47.9 Å². The molecule has 3 aromatic heterocycles. The van der Waals surface area contributed by atoms with Crippen LogP contribution in [0.2, 0.25) is 0 Å². The van der Waals surface area contributed by atoms with Crippen molar-refractivity contribution in [3.63, 3.8) is 0 Å². The van der Waals surface area contributed by atoms with Crippen molar-refractivity contribution in [2.24, 2.45) is 5.92 Å². The quantitative estimate of drug-likeness (QED) is 0.371. The molecule has 1 aliphatic heterocycles. The molecule has 1 amide bonds. The Labute approximate surface area is 226 Å². The van der Waals surface area contributed by atoms with Crippen molar-refractivity contribution in [1.29, 1.82) is 0 Å². The number of hydrogen-bond acceptors (Lipinski definition) is 8. The SMILES string of the molecule is COc1ccc(-c2ccc(=O)n(CCNC(=O)C3CCCN(c4cc(-n5nc(C)cc5C)ncn4)C3)n2)cc1. The van der Waals surface area contributed by atoms with Crippen LogP contribution < -0.4 is 20.5 Å². The smallest absolute Gasteiger partial charge is 0.266 e. The fraction of sp³-hybridized carbons (Fsp3) is 0.357. The van der Waals surface area contributed by atoms with Crippen LogP contribution in [0.25, 0.3) is 17.1 Å². The monoisotopic (exact) mass is 528 g/mol. The van der Waals surface area contributed by atoms with Crippen LogP contribution in [-0.4, -0.2) is 62.2 Å². The Bertz CT molecular complexity index is 1510. The molecule has 39 heavy (non-hydrogen) atoms. The van der Waals surface area contributed by atoms with Crippen LogP contribution in [0.3, 0.4) is 0 Å². The van der Waals surface area contributed by atoms with E-state index in [4.69, 9.17) is 4.74 Å². The Morgan fingerprint density at radius 3 is 2.59 bits per heavy atom. The van der Waals surface area contributed by atoms with E-state index in [1.54, 1.807) is 17.9 Å². The maximum absolute atomic E-state index is 13.0. The van der Waals surface area contributed by atoms with Crippen molar-refractivity contribution in [3.8, 4) is 22.8 Å². The van der Waals surface area contributed by atoms with E-state index in [0.29, 0.717) is 24.6 Å². The molecule has 1 fully saturated rings. The highest BCUT2D eigenvalue weighted by molar-refractivity contribution is 5.79. The zero-order chi connectivity index (χ0) is 27.4. The van der Waals surface area contributed by atoms with Crippen LogP contribution >= 0.6 is 0 Å². The third-order valence-corrected chi connectivity index (χ3v) is 6.86. The molecule has 4 heterocycles. The summed E-state index contributed by atoms with van der Waals surface area (Å²) in [7, 11) is 1.61. The minimum absolute atomic E-state index is 0.0353. The second kappa shape index (κ2) is 11.5. The minimum atomic E-state index is -0.215. The number of methoxy groups -OCH3 is 1. The van der Waals surface area contributed by atoms with Crippen molar-refractivity contribution < 1.29 is 9.53 Å². The molecule has 1 unspecified atom stereocenters. The number of aromatic nitrogens is 6. The first kappa shape index (κ1) is 26.1. The number of ether oxygens (including phenoxy) is 1. The Morgan fingerprint density at radius 2 is 1.85 bits per heavy atom. The number of amides is 1. The molecule has 1 aromatic carbocycles. The highest BCUT2D eigenvalue weighted by Crippen LogP contribution is 2.23. The highest BCUT2D eigenvalue weighted by Gasteiger charge is 2.27. The topological polar surface area (TPSA) is 120 Å². The number of piperidine rings is 1. The molecule has 0 bridgehead atoms. The van der Waals surface area contributed by atoms with Crippen LogP contribution in [0.4, 0.5) is 5.82 Å². The lowest BCUT2D eigenvalue weighted by molar-refractivity contribution is -0.125. The van der Waals surface area contributed by atoms with Crippen molar-refractivity contribution in [2.45, 2.75) is 33.2 Å². The number of nitrogens with zero attached hydrogens (tertiary/aromatic N) is 7. The Kier molecular flexibility index (Phi) is 7.67. The second-order valence-electron chi connectivity index (χ2n) is 9.66. The molecule has 202 valence electrons. The maximum Gasteiger partial charge on any atom is 0.266 e. The zero-order valence-electron chi connectivity index (χ0n) is 22.4. The first-order valence-electron chi connectivity index (χ1n) is 13.0. The number of aryl methyl sites for hydroxylation is 2. The van der Waals surface area contributed by atoms with Gasteiger partial charge in [0.25, 0.3) is 5.56 Å². The molecular formula is C28H32N8O3. The third kappa shape index (κ3) is 5.97. The van der Waals surface area contributed by atoms with Crippen molar-refractivity contribution >= 4 is 11.7 Å². The molecule has 1 N–H and O–H groups in total. The van der Waals surface area contributed by atoms with E-state index in [1.807, 2.05) is 50.2 Å². The number of carbonyl (C=O) groups is 1. The van der Waals surface area contributed by atoms with Gasteiger partial charge in [-0.1, -0.05) is 0 Å². The van der Waals surface area contributed by atoms with E-state index < -0.39 is 0 Å². The number of nitrogens with one attached hydrogen (secondary N) is 1. The summed E-state index contributed by atoms with van der Waals surface area (Å²) < 4.78 is 8.39. The number of benzene rings is 1. The van der Waals surface area contributed by atoms with Gasteiger partial charge in [-0.3, -0.25) is 9.59 Å². The summed E-state index contributed by atoms with van der Waals surface area (Å²) in [6.45, 7) is 5.90. The summed E-state index contributed by atoms with van der Waals surface area (Å²) in [5.41, 5.74) is 3.26. The molecule has 11 nitrogen and oxygen atoms in total. The van der Waals surface area contributed by atoms with Crippen LogP contribution in [0.1, 0.15) is 24.2 Å². The molecule has 0 radical (unpaired) electrons. The van der Waals surface area contributed by atoms with Gasteiger partial charge >= 0.3 is 0 Å². The van der Waals surface area contributed by atoms with Gasteiger partial charge in [0.05, 0.1) is 31.0 Å². The van der Waals surface area contributed by atoms with Gasteiger partial charge in [-0.2, -0.15) is 10.2 Å². The number of anilines is 1. The van der Waals surface area contributed by atoms with E-state index in [-0.39, 0.29) is 23.9 Å². The Balaban J connectivity index is 1.20. The summed E-state index contributed by atoms with van der Waals surface area (Å²) in [4.78, 5) is 36.4.